The van der Waals surface area contributed by atoms with Gasteiger partial charge < -0.3 is 0 Å². The molecular formula is C44H21F9S2. The van der Waals surface area contributed by atoms with Gasteiger partial charge in [-0.25, -0.2) is 0 Å². The largest absolute Gasteiger partial charge is 0.416 e. The third kappa shape index (κ3) is 5.19. The minimum Gasteiger partial charge on any atom is -0.166 e. The highest BCUT2D eigenvalue weighted by Gasteiger charge is 2.39. The van der Waals surface area contributed by atoms with E-state index in [0.717, 1.165) is 65.0 Å². The molecule has 0 saturated carbocycles. The molecule has 0 saturated heterocycles. The van der Waals surface area contributed by atoms with E-state index in [1.165, 1.54) is 28.7 Å². The number of benzene rings is 6. The van der Waals surface area contributed by atoms with Crippen molar-refractivity contribution in [1.82, 2.24) is 0 Å². The quantitative estimate of drug-likeness (QED) is 0.153. The fourth-order valence-corrected chi connectivity index (χ4v) is 10.8. The number of alkyl halides is 9. The number of aryl methyl sites for hydroxylation is 1. The summed E-state index contributed by atoms with van der Waals surface area (Å²) in [5, 5.41) is 4.37. The van der Waals surface area contributed by atoms with Crippen LogP contribution < -0.4 is 10.4 Å². The lowest BCUT2D eigenvalue weighted by Crippen LogP contribution is -2.13. The lowest BCUT2D eigenvalue weighted by Gasteiger charge is -2.15. The van der Waals surface area contributed by atoms with Crippen LogP contribution in [0.5, 0.6) is 0 Å². The molecular weight excluding hydrogens is 764 g/mol. The van der Waals surface area contributed by atoms with Gasteiger partial charge in [-0.2, -0.15) is 39.5 Å². The van der Waals surface area contributed by atoms with Gasteiger partial charge in [-0.05, 0) is 123 Å². The maximum absolute atomic E-state index is 14.1. The summed E-state index contributed by atoms with van der Waals surface area (Å²) >= 11 is 2.79. The van der Waals surface area contributed by atoms with E-state index in [1.54, 1.807) is 13.0 Å². The van der Waals surface area contributed by atoms with Crippen molar-refractivity contribution in [3.8, 4) is 22.3 Å². The van der Waals surface area contributed by atoms with Crippen molar-refractivity contribution >= 4 is 64.8 Å². The summed E-state index contributed by atoms with van der Waals surface area (Å²) in [7, 11) is 0. The molecule has 0 fully saturated rings. The Kier molecular flexibility index (Phi) is 7.03. The van der Waals surface area contributed by atoms with Crippen molar-refractivity contribution in [3.63, 3.8) is 0 Å². The Balaban J connectivity index is 1.32. The summed E-state index contributed by atoms with van der Waals surface area (Å²) in [4.78, 5) is 1.38. The standard InChI is InChI=1S/C44H21F9S2/c1-20-10-23(12-25(11-20)42(45,46)47)36-30-15-21-18-33-31(16-22(21)17-32(30)38-28-6-2-4-8-34(28)54-40(36)38)37(41-39(33)29-7-3-5-9-35(29)55-41)24-13-26(43(48,49)50)19-27(14-24)44(51,52)53/h2-19H,1H3. The normalized spacial score (nSPS) is 13.9. The van der Waals surface area contributed by atoms with Gasteiger partial charge in [0.1, 0.15) is 0 Å². The first kappa shape index (κ1) is 34.1. The van der Waals surface area contributed by atoms with Crippen LogP contribution >= 0.6 is 22.7 Å². The van der Waals surface area contributed by atoms with Crippen molar-refractivity contribution in [2.24, 2.45) is 0 Å². The van der Waals surface area contributed by atoms with Gasteiger partial charge in [0.25, 0.3) is 0 Å². The van der Waals surface area contributed by atoms with Crippen molar-refractivity contribution in [1.29, 1.82) is 0 Å². The molecule has 0 aliphatic heterocycles. The minimum atomic E-state index is -5.03. The van der Waals surface area contributed by atoms with Crippen LogP contribution in [0.15, 0.2) is 109 Å². The van der Waals surface area contributed by atoms with Crippen LogP contribution in [0.4, 0.5) is 39.5 Å². The van der Waals surface area contributed by atoms with Gasteiger partial charge in [0, 0.05) is 52.2 Å². The highest BCUT2D eigenvalue weighted by atomic mass is 32.1. The Bertz CT molecular complexity index is 3080. The molecule has 2 aromatic heterocycles. The SMILES string of the molecule is Cc1cc(C2=c3cc4cc5c(cc4cc3-c3c2sc2ccccc32)=C(c2cc(C(F)(F)F)cc(C(F)(F)F)c2)c2sc3ccccc3c2-5)cc(C(F)(F)F)c1. The molecule has 8 aromatic rings. The van der Waals surface area contributed by atoms with Crippen LogP contribution in [0.1, 0.15) is 43.1 Å². The van der Waals surface area contributed by atoms with E-state index >= 15 is 0 Å². The lowest BCUT2D eigenvalue weighted by atomic mass is 9.95. The Morgan fingerprint density at radius 1 is 0.436 bits per heavy atom. The summed E-state index contributed by atoms with van der Waals surface area (Å²) in [5.74, 6) is 0. The van der Waals surface area contributed by atoms with Gasteiger partial charge in [-0.3, -0.25) is 0 Å². The van der Waals surface area contributed by atoms with E-state index in [-0.39, 0.29) is 17.2 Å². The van der Waals surface area contributed by atoms with Crippen molar-refractivity contribution in [2.45, 2.75) is 25.5 Å². The molecule has 2 heterocycles. The van der Waals surface area contributed by atoms with E-state index in [0.29, 0.717) is 43.3 Å². The first-order valence-corrected chi connectivity index (χ1v) is 18.6. The predicted octanol–water partition coefficient (Wildman–Crippen LogP) is 13.1. The number of halogens is 9. The van der Waals surface area contributed by atoms with E-state index in [4.69, 9.17) is 0 Å². The molecule has 2 aliphatic carbocycles. The Morgan fingerprint density at radius 3 is 1.27 bits per heavy atom. The zero-order valence-electron chi connectivity index (χ0n) is 28.1. The second kappa shape index (κ2) is 11.3. The number of hydrogen-bond donors (Lipinski definition) is 0. The summed E-state index contributed by atoms with van der Waals surface area (Å²) in [6.45, 7) is 1.63. The summed E-state index contributed by atoms with van der Waals surface area (Å²) < 4.78 is 129. The second-order valence-corrected chi connectivity index (χ2v) is 16.0. The smallest absolute Gasteiger partial charge is 0.166 e. The van der Waals surface area contributed by atoms with Gasteiger partial charge in [0.15, 0.2) is 0 Å². The molecule has 11 heteroatoms. The van der Waals surface area contributed by atoms with Gasteiger partial charge in [0.05, 0.1) is 16.7 Å². The Morgan fingerprint density at radius 2 is 0.836 bits per heavy atom. The molecule has 2 aliphatic rings. The van der Waals surface area contributed by atoms with Crippen LogP contribution in [-0.4, -0.2) is 0 Å². The topological polar surface area (TPSA) is 0 Å². The highest BCUT2D eigenvalue weighted by Crippen LogP contribution is 2.50. The molecule has 0 amide bonds. The third-order valence-corrected chi connectivity index (χ3v) is 12.8. The van der Waals surface area contributed by atoms with Crippen LogP contribution in [0.3, 0.4) is 0 Å². The molecule has 55 heavy (non-hydrogen) atoms. The fraction of sp³-hybridized carbons (Fsp3) is 0.0909. The van der Waals surface area contributed by atoms with Crippen LogP contribution in [0, 0.1) is 6.92 Å². The maximum Gasteiger partial charge on any atom is 0.416 e. The molecule has 0 bridgehead atoms. The first-order chi connectivity index (χ1) is 26.0. The van der Waals surface area contributed by atoms with Gasteiger partial charge in [-0.1, -0.05) is 42.5 Å². The van der Waals surface area contributed by atoms with Crippen molar-refractivity contribution < 1.29 is 39.5 Å². The summed E-state index contributed by atoms with van der Waals surface area (Å²) in [6, 6.07) is 28.4. The number of rotatable bonds is 2. The first-order valence-electron chi connectivity index (χ1n) is 16.9. The molecule has 0 nitrogen and oxygen atoms in total. The van der Waals surface area contributed by atoms with E-state index < -0.39 is 35.2 Å². The van der Waals surface area contributed by atoms with Crippen molar-refractivity contribution in [2.75, 3.05) is 0 Å². The van der Waals surface area contributed by atoms with Crippen LogP contribution in [-0.2, 0) is 18.5 Å². The molecule has 6 aromatic carbocycles. The van der Waals surface area contributed by atoms with Crippen molar-refractivity contribution in [3.05, 3.63) is 163 Å². The van der Waals surface area contributed by atoms with Gasteiger partial charge in [-0.15, -0.1) is 22.7 Å². The molecule has 0 N–H and O–H groups in total. The molecule has 10 rings (SSSR count). The highest BCUT2D eigenvalue weighted by molar-refractivity contribution is 7.21. The number of hydrogen-bond acceptors (Lipinski definition) is 2. The summed E-state index contributed by atoms with van der Waals surface area (Å²) in [5.41, 5.74) is 1.07. The maximum atomic E-state index is 14.1. The van der Waals surface area contributed by atoms with Crippen LogP contribution in [0.25, 0.3) is 64.3 Å². The third-order valence-electron chi connectivity index (χ3n) is 10.4. The summed E-state index contributed by atoms with van der Waals surface area (Å²) in [6.07, 6.45) is -14.6. The molecule has 0 unspecified atom stereocenters. The second-order valence-electron chi connectivity index (χ2n) is 13.9. The zero-order valence-corrected chi connectivity index (χ0v) is 29.7. The molecule has 0 radical (unpaired) electrons. The van der Waals surface area contributed by atoms with E-state index in [9.17, 15) is 39.5 Å². The molecule has 272 valence electrons. The lowest BCUT2D eigenvalue weighted by molar-refractivity contribution is -0.143. The van der Waals surface area contributed by atoms with Gasteiger partial charge >= 0.3 is 18.5 Å². The fourth-order valence-electron chi connectivity index (χ4n) is 8.16. The average Bonchev–Trinajstić information content (AvgIpc) is 3.84. The van der Waals surface area contributed by atoms with Gasteiger partial charge in [0.2, 0.25) is 0 Å². The minimum absolute atomic E-state index is 0.137. The Labute approximate surface area is 313 Å². The van der Waals surface area contributed by atoms with E-state index in [1.807, 2.05) is 72.8 Å². The van der Waals surface area contributed by atoms with Crippen LogP contribution in [0.2, 0.25) is 0 Å². The average molecular weight is 785 g/mol. The number of thiophene rings is 2. The van der Waals surface area contributed by atoms with E-state index in [2.05, 4.69) is 0 Å². The Hall–Kier alpha value is -5.39. The predicted molar refractivity (Wildman–Crippen MR) is 201 cm³/mol. The molecule has 0 spiro atoms. The molecule has 0 atom stereocenters. The monoisotopic (exact) mass is 784 g/mol. The zero-order chi connectivity index (χ0) is 38.3. The number of fused-ring (bicyclic) bond motifs is 11.